The van der Waals surface area contributed by atoms with Crippen molar-refractivity contribution in [3.05, 3.63) is 20.3 Å². The summed E-state index contributed by atoms with van der Waals surface area (Å²) in [6.07, 6.45) is 4.52. The molecule has 17 heavy (non-hydrogen) atoms. The van der Waals surface area contributed by atoms with Crippen LogP contribution in [0.4, 0.5) is 0 Å². The van der Waals surface area contributed by atoms with Gasteiger partial charge < -0.3 is 10.4 Å². The Morgan fingerprint density at radius 1 is 1.47 bits per heavy atom. The van der Waals surface area contributed by atoms with E-state index in [9.17, 15) is 5.11 Å². The maximum absolute atomic E-state index is 9.87. The minimum atomic E-state index is -0.0898. The van der Waals surface area contributed by atoms with Gasteiger partial charge in [0.15, 0.2) is 0 Å². The van der Waals surface area contributed by atoms with Crippen molar-refractivity contribution in [1.82, 2.24) is 5.32 Å². The fraction of sp³-hybridized carbons (Fsp3) is 0.692. The molecule has 0 aromatic carbocycles. The maximum Gasteiger partial charge on any atom is 0.0580 e. The lowest BCUT2D eigenvalue weighted by atomic mass is 9.86. The Labute approximate surface area is 116 Å². The molecule has 2 atom stereocenters. The second kappa shape index (κ2) is 6.32. The second-order valence-electron chi connectivity index (χ2n) is 4.86. The number of nitrogens with one attached hydrogen (secondary N) is 1. The highest BCUT2D eigenvalue weighted by Gasteiger charge is 2.22. The van der Waals surface area contributed by atoms with Gasteiger partial charge in [-0.15, -0.1) is 11.3 Å². The average Bonchev–Trinajstić information content (AvgIpc) is 2.61. The highest BCUT2D eigenvalue weighted by Crippen LogP contribution is 2.27. The first-order valence-corrected chi connectivity index (χ1v) is 7.91. The van der Waals surface area contributed by atoms with Crippen molar-refractivity contribution in [2.75, 3.05) is 6.54 Å². The molecule has 0 amide bonds. The van der Waals surface area contributed by atoms with Gasteiger partial charge in [0.1, 0.15) is 0 Å². The van der Waals surface area contributed by atoms with Crippen LogP contribution in [0.3, 0.4) is 0 Å². The summed E-state index contributed by atoms with van der Waals surface area (Å²) < 4.78 is 1.21. The van der Waals surface area contributed by atoms with Gasteiger partial charge in [-0.25, -0.2) is 0 Å². The predicted molar refractivity (Wildman–Crippen MR) is 76.4 cm³/mol. The molecule has 2 rings (SSSR count). The van der Waals surface area contributed by atoms with Gasteiger partial charge in [-0.05, 0) is 47.7 Å². The molecular weight excluding hydrogens is 298 g/mol. The summed E-state index contributed by atoms with van der Waals surface area (Å²) in [6, 6.07) is 2.18. The van der Waals surface area contributed by atoms with Gasteiger partial charge in [0.05, 0.1) is 6.10 Å². The zero-order chi connectivity index (χ0) is 12.3. The van der Waals surface area contributed by atoms with Crippen molar-refractivity contribution < 1.29 is 5.11 Å². The van der Waals surface area contributed by atoms with Crippen LogP contribution in [-0.2, 0) is 6.54 Å². The molecular formula is C13H20BrNOS. The molecule has 1 aliphatic rings. The highest BCUT2D eigenvalue weighted by atomic mass is 79.9. The fourth-order valence-electron chi connectivity index (χ4n) is 2.41. The van der Waals surface area contributed by atoms with Gasteiger partial charge in [0.25, 0.3) is 0 Å². The van der Waals surface area contributed by atoms with E-state index >= 15 is 0 Å². The van der Waals surface area contributed by atoms with Crippen molar-refractivity contribution in [3.8, 4) is 0 Å². The molecule has 96 valence electrons. The van der Waals surface area contributed by atoms with Crippen molar-refractivity contribution in [1.29, 1.82) is 0 Å². The van der Waals surface area contributed by atoms with Crippen LogP contribution < -0.4 is 5.32 Å². The molecule has 1 aromatic rings. The Bertz CT molecular complexity index is 347. The molecule has 2 unspecified atom stereocenters. The van der Waals surface area contributed by atoms with Crippen molar-refractivity contribution in [2.24, 2.45) is 5.92 Å². The lowest BCUT2D eigenvalue weighted by Gasteiger charge is -2.27. The SMILES string of the molecule is Cc1sc(CNCC2CCCCC2O)cc1Br. The zero-order valence-corrected chi connectivity index (χ0v) is 12.6. The molecule has 1 heterocycles. The number of aryl methyl sites for hydroxylation is 1. The van der Waals surface area contributed by atoms with E-state index in [1.54, 1.807) is 0 Å². The molecule has 1 aliphatic carbocycles. The number of hydrogen-bond acceptors (Lipinski definition) is 3. The van der Waals surface area contributed by atoms with Crippen LogP contribution in [0.2, 0.25) is 0 Å². The third-order valence-electron chi connectivity index (χ3n) is 3.48. The van der Waals surface area contributed by atoms with Crippen LogP contribution in [0.25, 0.3) is 0 Å². The summed E-state index contributed by atoms with van der Waals surface area (Å²) in [4.78, 5) is 2.69. The Hall–Kier alpha value is 0.100. The number of rotatable bonds is 4. The monoisotopic (exact) mass is 317 g/mol. The van der Waals surface area contributed by atoms with Crippen LogP contribution in [-0.4, -0.2) is 17.8 Å². The van der Waals surface area contributed by atoms with Crippen LogP contribution >= 0.6 is 27.3 Å². The van der Waals surface area contributed by atoms with Gasteiger partial charge in [-0.2, -0.15) is 0 Å². The number of hydrogen-bond donors (Lipinski definition) is 2. The molecule has 0 spiro atoms. The third-order valence-corrected chi connectivity index (χ3v) is 5.62. The molecule has 4 heteroatoms. The van der Waals surface area contributed by atoms with E-state index in [0.29, 0.717) is 5.92 Å². The van der Waals surface area contributed by atoms with E-state index in [1.807, 2.05) is 11.3 Å². The summed E-state index contributed by atoms with van der Waals surface area (Å²) >= 11 is 5.37. The third kappa shape index (κ3) is 3.78. The van der Waals surface area contributed by atoms with Gasteiger partial charge in [0.2, 0.25) is 0 Å². The maximum atomic E-state index is 9.87. The molecule has 2 N–H and O–H groups in total. The topological polar surface area (TPSA) is 32.3 Å². The lowest BCUT2D eigenvalue weighted by molar-refractivity contribution is 0.0695. The summed E-state index contributed by atoms with van der Waals surface area (Å²) in [7, 11) is 0. The molecule has 0 radical (unpaired) electrons. The van der Waals surface area contributed by atoms with E-state index < -0.39 is 0 Å². The number of thiophene rings is 1. The summed E-state index contributed by atoms with van der Waals surface area (Å²) in [5, 5.41) is 13.3. The predicted octanol–water partition coefficient (Wildman–Crippen LogP) is 3.46. The smallest absolute Gasteiger partial charge is 0.0580 e. The first-order valence-electron chi connectivity index (χ1n) is 6.30. The molecule has 2 nitrogen and oxygen atoms in total. The van der Waals surface area contributed by atoms with Crippen LogP contribution in [0.5, 0.6) is 0 Å². The van der Waals surface area contributed by atoms with Crippen molar-refractivity contribution in [3.63, 3.8) is 0 Å². The zero-order valence-electron chi connectivity index (χ0n) is 10.2. The average molecular weight is 318 g/mol. The largest absolute Gasteiger partial charge is 0.393 e. The Morgan fingerprint density at radius 3 is 2.88 bits per heavy atom. The van der Waals surface area contributed by atoms with Gasteiger partial charge in [-0.1, -0.05) is 12.8 Å². The van der Waals surface area contributed by atoms with E-state index in [2.05, 4.69) is 34.2 Å². The molecule has 0 bridgehead atoms. The van der Waals surface area contributed by atoms with E-state index in [1.165, 1.54) is 33.5 Å². The highest BCUT2D eigenvalue weighted by molar-refractivity contribution is 9.10. The standard InChI is InChI=1S/C13H20BrNOS/c1-9-12(14)6-11(17-9)8-15-7-10-4-2-3-5-13(10)16/h6,10,13,15-16H,2-5,7-8H2,1H3. The number of halogens is 1. The number of aliphatic hydroxyl groups is 1. The van der Waals surface area contributed by atoms with E-state index in [4.69, 9.17) is 0 Å². The molecule has 0 aliphatic heterocycles. The summed E-state index contributed by atoms with van der Waals surface area (Å²) in [6.45, 7) is 3.99. The Morgan fingerprint density at radius 2 is 2.24 bits per heavy atom. The quantitative estimate of drug-likeness (QED) is 0.891. The summed E-state index contributed by atoms with van der Waals surface area (Å²) in [5.74, 6) is 0.452. The molecule has 1 fully saturated rings. The van der Waals surface area contributed by atoms with Gasteiger partial charge in [0, 0.05) is 27.3 Å². The van der Waals surface area contributed by atoms with Crippen LogP contribution in [0, 0.1) is 12.8 Å². The van der Waals surface area contributed by atoms with E-state index in [0.717, 1.165) is 19.5 Å². The van der Waals surface area contributed by atoms with Crippen molar-refractivity contribution in [2.45, 2.75) is 45.3 Å². The van der Waals surface area contributed by atoms with Gasteiger partial charge in [-0.3, -0.25) is 0 Å². The Balaban J connectivity index is 1.75. The minimum absolute atomic E-state index is 0.0898. The van der Waals surface area contributed by atoms with E-state index in [-0.39, 0.29) is 6.10 Å². The molecule has 0 saturated heterocycles. The normalized spacial score (nSPS) is 25.1. The molecule has 1 aromatic heterocycles. The van der Waals surface area contributed by atoms with Crippen LogP contribution in [0.1, 0.15) is 35.4 Å². The first kappa shape index (κ1) is 13.5. The van der Waals surface area contributed by atoms with Crippen molar-refractivity contribution >= 4 is 27.3 Å². The second-order valence-corrected chi connectivity index (χ2v) is 7.05. The Kier molecular flexibility index (Phi) is 5.03. The first-order chi connectivity index (χ1) is 8.16. The minimum Gasteiger partial charge on any atom is -0.393 e. The number of aliphatic hydroxyl groups excluding tert-OH is 1. The fourth-order valence-corrected chi connectivity index (χ4v) is 3.98. The molecule has 1 saturated carbocycles. The van der Waals surface area contributed by atoms with Gasteiger partial charge >= 0.3 is 0 Å². The lowest BCUT2D eigenvalue weighted by Crippen LogP contribution is -2.33. The summed E-state index contributed by atoms with van der Waals surface area (Å²) in [5.41, 5.74) is 0. The van der Waals surface area contributed by atoms with Crippen LogP contribution in [0.15, 0.2) is 10.5 Å².